The Balaban J connectivity index is 1.72. The molecular formula is C14H16BrNO2. The second-order valence-corrected chi connectivity index (χ2v) is 4.82. The normalized spacial score (nSPS) is 12.3. The molecule has 0 radical (unpaired) electrons. The van der Waals surface area contributed by atoms with E-state index in [-0.39, 0.29) is 6.04 Å². The van der Waals surface area contributed by atoms with Crippen LogP contribution in [0.15, 0.2) is 51.6 Å². The molecule has 0 aliphatic rings. The van der Waals surface area contributed by atoms with Gasteiger partial charge in [0.2, 0.25) is 0 Å². The summed E-state index contributed by atoms with van der Waals surface area (Å²) in [6.07, 6.45) is 1.69. The largest absolute Gasteiger partial charge is 0.491 e. The molecular weight excluding hydrogens is 294 g/mol. The molecule has 0 fully saturated rings. The molecule has 1 atom stereocenters. The molecule has 1 unspecified atom stereocenters. The second kappa shape index (κ2) is 6.61. The Hall–Kier alpha value is -1.26. The van der Waals surface area contributed by atoms with Gasteiger partial charge in [-0.3, -0.25) is 0 Å². The van der Waals surface area contributed by atoms with Crippen LogP contribution in [-0.2, 0) is 0 Å². The highest BCUT2D eigenvalue weighted by molar-refractivity contribution is 9.10. The molecule has 1 N–H and O–H groups in total. The third-order valence-corrected chi connectivity index (χ3v) is 3.27. The lowest BCUT2D eigenvalue weighted by atomic mass is 10.2. The van der Waals surface area contributed by atoms with Gasteiger partial charge in [0.15, 0.2) is 0 Å². The topological polar surface area (TPSA) is 34.4 Å². The molecule has 0 bridgehead atoms. The van der Waals surface area contributed by atoms with Gasteiger partial charge in [0.25, 0.3) is 0 Å². The fourth-order valence-corrected chi connectivity index (χ4v) is 2.04. The molecule has 96 valence electrons. The summed E-state index contributed by atoms with van der Waals surface area (Å²) in [5.74, 6) is 1.81. The van der Waals surface area contributed by atoms with Crippen LogP contribution in [-0.4, -0.2) is 13.2 Å². The van der Waals surface area contributed by atoms with E-state index in [9.17, 15) is 0 Å². The Labute approximate surface area is 115 Å². The van der Waals surface area contributed by atoms with Gasteiger partial charge in [-0.2, -0.15) is 0 Å². The number of hydrogen-bond acceptors (Lipinski definition) is 3. The fourth-order valence-electron chi connectivity index (χ4n) is 1.64. The molecule has 0 saturated carbocycles. The van der Waals surface area contributed by atoms with Gasteiger partial charge in [0.05, 0.1) is 16.8 Å². The SMILES string of the molecule is CC(NCCOc1ccccc1Br)c1ccco1. The maximum Gasteiger partial charge on any atom is 0.133 e. The highest BCUT2D eigenvalue weighted by Gasteiger charge is 2.06. The minimum Gasteiger partial charge on any atom is -0.491 e. The lowest BCUT2D eigenvalue weighted by molar-refractivity contribution is 0.300. The van der Waals surface area contributed by atoms with Crippen molar-refractivity contribution in [1.82, 2.24) is 5.32 Å². The number of ether oxygens (including phenoxy) is 1. The van der Waals surface area contributed by atoms with E-state index in [1.54, 1.807) is 6.26 Å². The first-order chi connectivity index (χ1) is 8.77. The van der Waals surface area contributed by atoms with Gasteiger partial charge in [-0.25, -0.2) is 0 Å². The molecule has 2 rings (SSSR count). The van der Waals surface area contributed by atoms with Crippen LogP contribution in [0.25, 0.3) is 0 Å². The van der Waals surface area contributed by atoms with Crippen molar-refractivity contribution in [2.75, 3.05) is 13.2 Å². The van der Waals surface area contributed by atoms with Crippen molar-refractivity contribution in [3.05, 3.63) is 52.9 Å². The average Bonchev–Trinajstić information content (AvgIpc) is 2.90. The lowest BCUT2D eigenvalue weighted by Gasteiger charge is -2.12. The summed E-state index contributed by atoms with van der Waals surface area (Å²) in [5.41, 5.74) is 0. The Kier molecular flexibility index (Phi) is 4.84. The van der Waals surface area contributed by atoms with E-state index in [1.165, 1.54) is 0 Å². The van der Waals surface area contributed by atoms with E-state index in [1.807, 2.05) is 36.4 Å². The first-order valence-corrected chi connectivity index (χ1v) is 6.71. The first kappa shape index (κ1) is 13.2. The summed E-state index contributed by atoms with van der Waals surface area (Å²) in [7, 11) is 0. The summed E-state index contributed by atoms with van der Waals surface area (Å²) >= 11 is 3.45. The minimum absolute atomic E-state index is 0.197. The number of benzene rings is 1. The summed E-state index contributed by atoms with van der Waals surface area (Å²) in [6, 6.07) is 11.9. The zero-order valence-corrected chi connectivity index (χ0v) is 11.8. The number of para-hydroxylation sites is 1. The van der Waals surface area contributed by atoms with E-state index < -0.39 is 0 Å². The third kappa shape index (κ3) is 3.62. The van der Waals surface area contributed by atoms with Gasteiger partial charge in [-0.15, -0.1) is 0 Å². The smallest absolute Gasteiger partial charge is 0.133 e. The van der Waals surface area contributed by atoms with E-state index >= 15 is 0 Å². The molecule has 0 aliphatic carbocycles. The molecule has 3 nitrogen and oxygen atoms in total. The van der Waals surface area contributed by atoms with Crippen LogP contribution in [0.5, 0.6) is 5.75 Å². The van der Waals surface area contributed by atoms with Crippen LogP contribution in [0.4, 0.5) is 0 Å². The van der Waals surface area contributed by atoms with Crippen molar-refractivity contribution in [2.45, 2.75) is 13.0 Å². The molecule has 2 aromatic rings. The molecule has 18 heavy (non-hydrogen) atoms. The van der Waals surface area contributed by atoms with Gasteiger partial charge in [0.1, 0.15) is 18.1 Å². The van der Waals surface area contributed by atoms with Crippen molar-refractivity contribution in [2.24, 2.45) is 0 Å². The van der Waals surface area contributed by atoms with Crippen molar-refractivity contribution in [3.63, 3.8) is 0 Å². The van der Waals surface area contributed by atoms with Crippen molar-refractivity contribution in [3.8, 4) is 5.75 Å². The Bertz CT molecular complexity index is 470. The quantitative estimate of drug-likeness (QED) is 0.825. The monoisotopic (exact) mass is 309 g/mol. The summed E-state index contributed by atoms with van der Waals surface area (Å²) < 4.78 is 12.0. The van der Waals surface area contributed by atoms with Crippen LogP contribution >= 0.6 is 15.9 Å². The van der Waals surface area contributed by atoms with Gasteiger partial charge < -0.3 is 14.5 Å². The number of furan rings is 1. The van der Waals surface area contributed by atoms with Crippen LogP contribution < -0.4 is 10.1 Å². The van der Waals surface area contributed by atoms with Crippen molar-refractivity contribution < 1.29 is 9.15 Å². The van der Waals surface area contributed by atoms with E-state index in [0.29, 0.717) is 6.61 Å². The Morgan fingerprint density at radius 1 is 1.28 bits per heavy atom. The molecule has 0 amide bonds. The molecule has 1 aromatic carbocycles. The average molecular weight is 310 g/mol. The van der Waals surface area contributed by atoms with E-state index in [2.05, 4.69) is 28.2 Å². The van der Waals surface area contributed by atoms with Gasteiger partial charge in [0, 0.05) is 6.54 Å². The minimum atomic E-state index is 0.197. The maximum atomic E-state index is 5.66. The van der Waals surface area contributed by atoms with Crippen molar-refractivity contribution >= 4 is 15.9 Å². The highest BCUT2D eigenvalue weighted by Crippen LogP contribution is 2.23. The number of rotatable bonds is 6. The molecule has 0 saturated heterocycles. The first-order valence-electron chi connectivity index (χ1n) is 5.91. The number of nitrogens with one attached hydrogen (secondary N) is 1. The zero-order chi connectivity index (χ0) is 12.8. The third-order valence-electron chi connectivity index (χ3n) is 2.62. The highest BCUT2D eigenvalue weighted by atomic mass is 79.9. The standard InChI is InChI=1S/C14H16BrNO2/c1-11(13-7-4-9-17-13)16-8-10-18-14-6-3-2-5-12(14)15/h2-7,9,11,16H,8,10H2,1H3. The van der Waals surface area contributed by atoms with Crippen molar-refractivity contribution in [1.29, 1.82) is 0 Å². The lowest BCUT2D eigenvalue weighted by Crippen LogP contribution is -2.24. The summed E-state index contributed by atoms with van der Waals surface area (Å²) in [4.78, 5) is 0. The van der Waals surface area contributed by atoms with Gasteiger partial charge in [-0.1, -0.05) is 12.1 Å². The maximum absolute atomic E-state index is 5.66. The van der Waals surface area contributed by atoms with E-state index in [4.69, 9.17) is 9.15 Å². The van der Waals surface area contributed by atoms with Gasteiger partial charge in [-0.05, 0) is 47.1 Å². The van der Waals surface area contributed by atoms with Crippen LogP contribution in [0.2, 0.25) is 0 Å². The molecule has 1 heterocycles. The Morgan fingerprint density at radius 3 is 2.83 bits per heavy atom. The second-order valence-electron chi connectivity index (χ2n) is 3.97. The molecule has 1 aromatic heterocycles. The predicted molar refractivity (Wildman–Crippen MR) is 74.8 cm³/mol. The molecule has 0 aliphatic heterocycles. The Morgan fingerprint density at radius 2 is 2.11 bits per heavy atom. The van der Waals surface area contributed by atoms with Crippen LogP contribution in [0.1, 0.15) is 18.7 Å². The summed E-state index contributed by atoms with van der Waals surface area (Å²) in [5, 5.41) is 3.34. The van der Waals surface area contributed by atoms with Crippen LogP contribution in [0, 0.1) is 0 Å². The fraction of sp³-hybridized carbons (Fsp3) is 0.286. The molecule has 4 heteroatoms. The zero-order valence-electron chi connectivity index (χ0n) is 10.2. The van der Waals surface area contributed by atoms with E-state index in [0.717, 1.165) is 22.5 Å². The van der Waals surface area contributed by atoms with Crippen LogP contribution in [0.3, 0.4) is 0 Å². The summed E-state index contributed by atoms with van der Waals surface area (Å²) in [6.45, 7) is 3.45. The number of hydrogen-bond donors (Lipinski definition) is 1. The predicted octanol–water partition coefficient (Wildman–Crippen LogP) is 3.77. The van der Waals surface area contributed by atoms with Gasteiger partial charge >= 0.3 is 0 Å². The molecule has 0 spiro atoms. The number of halogens is 1.